The van der Waals surface area contributed by atoms with E-state index in [0.717, 1.165) is 19.3 Å². The molecule has 1 aliphatic rings. The number of rotatable bonds is 7. The minimum absolute atomic E-state index is 0.0300. The van der Waals surface area contributed by atoms with Gasteiger partial charge in [-0.1, -0.05) is 36.4 Å². The largest absolute Gasteiger partial charge is 0.489 e. The fraction of sp³-hybridized carbons (Fsp3) is 0.381. The Balaban J connectivity index is 1.45. The highest BCUT2D eigenvalue weighted by Crippen LogP contribution is 2.29. The van der Waals surface area contributed by atoms with Crippen LogP contribution in [0.3, 0.4) is 0 Å². The number of aryl methyl sites for hydroxylation is 1. The van der Waals surface area contributed by atoms with E-state index in [1.165, 1.54) is 17.2 Å². The molecule has 0 saturated heterocycles. The molecule has 2 aromatic carbocycles. The lowest BCUT2D eigenvalue weighted by Crippen LogP contribution is -2.45. The molecule has 5 heteroatoms. The van der Waals surface area contributed by atoms with E-state index in [-0.39, 0.29) is 29.6 Å². The number of para-hydroxylation sites is 1. The molecule has 2 aromatic rings. The molecule has 2 unspecified atom stereocenters. The van der Waals surface area contributed by atoms with Crippen molar-refractivity contribution in [3.63, 3.8) is 0 Å². The Bertz CT molecular complexity index is 750. The van der Waals surface area contributed by atoms with Gasteiger partial charge in [0.25, 0.3) is 0 Å². The molecular formula is C21H25FN2O2. The van der Waals surface area contributed by atoms with Crippen molar-refractivity contribution in [3.05, 3.63) is 65.5 Å². The van der Waals surface area contributed by atoms with Crippen molar-refractivity contribution in [2.45, 2.75) is 38.3 Å². The molecule has 0 heterocycles. The van der Waals surface area contributed by atoms with Crippen molar-refractivity contribution in [1.82, 2.24) is 10.6 Å². The lowest BCUT2D eigenvalue weighted by Gasteiger charge is -2.27. The highest BCUT2D eigenvalue weighted by Gasteiger charge is 2.23. The van der Waals surface area contributed by atoms with Crippen LogP contribution in [0, 0.1) is 5.82 Å². The molecule has 0 radical (unpaired) electrons. The van der Waals surface area contributed by atoms with Crippen molar-refractivity contribution in [2.75, 3.05) is 13.2 Å². The summed E-state index contributed by atoms with van der Waals surface area (Å²) in [6.45, 7) is 2.59. The molecule has 4 nitrogen and oxygen atoms in total. The summed E-state index contributed by atoms with van der Waals surface area (Å²) < 4.78 is 18.9. The highest BCUT2D eigenvalue weighted by molar-refractivity contribution is 5.81. The number of hydrogen-bond acceptors (Lipinski definition) is 3. The van der Waals surface area contributed by atoms with E-state index in [9.17, 15) is 9.18 Å². The van der Waals surface area contributed by atoms with Gasteiger partial charge in [0.1, 0.15) is 6.61 Å². The minimum Gasteiger partial charge on any atom is -0.489 e. The summed E-state index contributed by atoms with van der Waals surface area (Å²) >= 11 is 0. The van der Waals surface area contributed by atoms with Crippen LogP contribution in [0.4, 0.5) is 4.39 Å². The van der Waals surface area contributed by atoms with Crippen LogP contribution < -0.4 is 15.4 Å². The summed E-state index contributed by atoms with van der Waals surface area (Å²) in [5, 5.41) is 6.27. The molecule has 0 saturated carbocycles. The average Bonchev–Trinajstić information content (AvgIpc) is 2.66. The van der Waals surface area contributed by atoms with Gasteiger partial charge >= 0.3 is 0 Å². The second-order valence-corrected chi connectivity index (χ2v) is 6.61. The van der Waals surface area contributed by atoms with E-state index in [0.29, 0.717) is 13.2 Å². The number of ether oxygens (including phenoxy) is 1. The topological polar surface area (TPSA) is 50.4 Å². The minimum atomic E-state index is -0.380. The summed E-state index contributed by atoms with van der Waals surface area (Å²) in [6, 6.07) is 14.3. The number of hydrogen-bond donors (Lipinski definition) is 2. The molecule has 26 heavy (non-hydrogen) atoms. The maximum absolute atomic E-state index is 13.5. The maximum atomic E-state index is 13.5. The number of amides is 1. The molecule has 2 N–H and O–H groups in total. The fourth-order valence-electron chi connectivity index (χ4n) is 3.29. The summed E-state index contributed by atoms with van der Waals surface area (Å²) in [5.74, 6) is -0.183. The van der Waals surface area contributed by atoms with Gasteiger partial charge in [-0.2, -0.15) is 0 Å². The maximum Gasteiger partial charge on any atom is 0.237 e. The van der Waals surface area contributed by atoms with Crippen LogP contribution >= 0.6 is 0 Å². The summed E-state index contributed by atoms with van der Waals surface area (Å²) in [5.41, 5.74) is 2.55. The van der Waals surface area contributed by atoms with Crippen molar-refractivity contribution in [2.24, 2.45) is 0 Å². The van der Waals surface area contributed by atoms with E-state index in [1.54, 1.807) is 18.2 Å². The normalized spacial score (nSPS) is 17.2. The molecule has 0 bridgehead atoms. The van der Waals surface area contributed by atoms with Gasteiger partial charge < -0.3 is 15.4 Å². The van der Waals surface area contributed by atoms with Crippen molar-refractivity contribution in [3.8, 4) is 5.75 Å². The third-order valence-electron chi connectivity index (χ3n) is 4.73. The number of halogens is 1. The smallest absolute Gasteiger partial charge is 0.237 e. The molecule has 1 amide bonds. The van der Waals surface area contributed by atoms with E-state index >= 15 is 0 Å². The molecule has 138 valence electrons. The van der Waals surface area contributed by atoms with Crippen LogP contribution in [0.15, 0.2) is 48.5 Å². The first kappa shape index (κ1) is 18.4. The molecule has 2 atom stereocenters. The Morgan fingerprint density at radius 1 is 1.23 bits per heavy atom. The van der Waals surface area contributed by atoms with Crippen LogP contribution in [0.25, 0.3) is 0 Å². The first-order valence-corrected chi connectivity index (χ1v) is 9.14. The number of fused-ring (bicyclic) bond motifs is 1. The van der Waals surface area contributed by atoms with Crippen molar-refractivity contribution in [1.29, 1.82) is 0 Å². The number of carbonyl (C=O) groups is 1. The quantitative estimate of drug-likeness (QED) is 0.748. The Morgan fingerprint density at radius 2 is 2.00 bits per heavy atom. The van der Waals surface area contributed by atoms with E-state index in [4.69, 9.17) is 4.74 Å². The van der Waals surface area contributed by atoms with Gasteiger partial charge in [-0.05, 0) is 49.4 Å². The lowest BCUT2D eigenvalue weighted by atomic mass is 9.87. The highest BCUT2D eigenvalue weighted by atomic mass is 19.1. The monoisotopic (exact) mass is 356 g/mol. The predicted octanol–water partition coefficient (Wildman–Crippen LogP) is 3.38. The van der Waals surface area contributed by atoms with Crippen LogP contribution in [-0.2, 0) is 11.2 Å². The Kier molecular flexibility index (Phi) is 6.23. The van der Waals surface area contributed by atoms with E-state index in [1.807, 2.05) is 19.1 Å². The second kappa shape index (κ2) is 8.81. The van der Waals surface area contributed by atoms with Crippen LogP contribution in [-0.4, -0.2) is 25.1 Å². The van der Waals surface area contributed by atoms with Gasteiger partial charge in [-0.15, -0.1) is 0 Å². The number of benzene rings is 2. The number of carbonyl (C=O) groups excluding carboxylic acids is 1. The van der Waals surface area contributed by atoms with Crippen LogP contribution in [0.1, 0.15) is 36.9 Å². The zero-order chi connectivity index (χ0) is 18.4. The predicted molar refractivity (Wildman–Crippen MR) is 99.6 cm³/mol. The SMILES string of the molecule is CC(NCCOc1ccccc1F)C(=O)NC1CCCc2ccccc21. The van der Waals surface area contributed by atoms with Crippen molar-refractivity contribution >= 4 is 5.91 Å². The molecular weight excluding hydrogens is 331 g/mol. The van der Waals surface area contributed by atoms with Gasteiger partial charge in [-0.25, -0.2) is 4.39 Å². The van der Waals surface area contributed by atoms with E-state index < -0.39 is 0 Å². The third-order valence-corrected chi connectivity index (χ3v) is 4.73. The molecule has 1 aliphatic carbocycles. The van der Waals surface area contributed by atoms with E-state index in [2.05, 4.69) is 22.8 Å². The summed E-state index contributed by atoms with van der Waals surface area (Å²) in [6.07, 6.45) is 3.12. The molecule has 0 aromatic heterocycles. The van der Waals surface area contributed by atoms with Gasteiger partial charge in [0.05, 0.1) is 12.1 Å². The van der Waals surface area contributed by atoms with Gasteiger partial charge in [-0.3, -0.25) is 4.79 Å². The molecule has 0 aliphatic heterocycles. The Morgan fingerprint density at radius 3 is 2.85 bits per heavy atom. The van der Waals surface area contributed by atoms with Gasteiger partial charge in [0.2, 0.25) is 5.91 Å². The summed E-state index contributed by atoms with van der Waals surface area (Å²) in [4.78, 5) is 12.5. The molecule has 3 rings (SSSR count). The molecule has 0 fully saturated rings. The van der Waals surface area contributed by atoms with Crippen LogP contribution in [0.2, 0.25) is 0 Å². The first-order valence-electron chi connectivity index (χ1n) is 9.14. The number of nitrogens with one attached hydrogen (secondary N) is 2. The standard InChI is InChI=1S/C21H25FN2O2/c1-15(23-13-14-26-20-12-5-4-10-18(20)22)21(25)24-19-11-6-8-16-7-2-3-9-17(16)19/h2-5,7,9-10,12,15,19,23H,6,8,11,13-14H2,1H3,(H,24,25). The first-order chi connectivity index (χ1) is 12.6. The summed E-state index contributed by atoms with van der Waals surface area (Å²) in [7, 11) is 0. The second-order valence-electron chi connectivity index (χ2n) is 6.61. The fourth-order valence-corrected chi connectivity index (χ4v) is 3.29. The van der Waals surface area contributed by atoms with Gasteiger partial charge in [0.15, 0.2) is 11.6 Å². The van der Waals surface area contributed by atoms with Crippen molar-refractivity contribution < 1.29 is 13.9 Å². The Labute approximate surface area is 153 Å². The Hall–Kier alpha value is -2.40. The third kappa shape index (κ3) is 4.61. The van der Waals surface area contributed by atoms with Crippen LogP contribution in [0.5, 0.6) is 5.75 Å². The van der Waals surface area contributed by atoms with Gasteiger partial charge in [0, 0.05) is 6.54 Å². The molecule has 0 spiro atoms. The lowest BCUT2D eigenvalue weighted by molar-refractivity contribution is -0.123. The zero-order valence-corrected chi connectivity index (χ0v) is 15.0. The average molecular weight is 356 g/mol. The zero-order valence-electron chi connectivity index (χ0n) is 15.0.